The average molecular weight is 435 g/mol. The highest BCUT2D eigenvalue weighted by atomic mass is 32.1. The van der Waals surface area contributed by atoms with Crippen LogP contribution in [0.3, 0.4) is 0 Å². The Morgan fingerprint density at radius 3 is 2.53 bits per heavy atom. The number of halogens is 1. The molecule has 1 unspecified atom stereocenters. The molecule has 3 rings (SSSR count). The largest absolute Gasteiger partial charge is 0.369 e. The highest BCUT2D eigenvalue weighted by Crippen LogP contribution is 2.28. The molecule has 2 heterocycles. The van der Waals surface area contributed by atoms with E-state index in [9.17, 15) is 14.0 Å². The van der Waals surface area contributed by atoms with Gasteiger partial charge in [-0.05, 0) is 45.5 Å². The topological polar surface area (TPSA) is 57.6 Å². The number of carbonyl (C=O) groups excluding carboxylic acids is 1. The third-order valence-electron chi connectivity index (χ3n) is 5.93. The number of aromatic nitrogens is 1. The second kappa shape index (κ2) is 9.75. The highest BCUT2D eigenvalue weighted by molar-refractivity contribution is 7.09. The fourth-order valence-corrected chi connectivity index (χ4v) is 4.77. The van der Waals surface area contributed by atoms with Crippen molar-refractivity contribution in [1.82, 2.24) is 14.8 Å². The van der Waals surface area contributed by atoms with E-state index < -0.39 is 0 Å². The summed E-state index contributed by atoms with van der Waals surface area (Å²) < 4.78 is 15.7. The molecule has 1 aromatic carbocycles. The molecule has 0 saturated carbocycles. The fourth-order valence-electron chi connectivity index (χ4n) is 3.92. The van der Waals surface area contributed by atoms with Crippen LogP contribution in [0.1, 0.15) is 42.4 Å². The van der Waals surface area contributed by atoms with Crippen LogP contribution < -0.4 is 15.1 Å². The molecule has 30 heavy (non-hydrogen) atoms. The second-order valence-corrected chi connectivity index (χ2v) is 8.99. The minimum Gasteiger partial charge on any atom is -0.369 e. The lowest BCUT2D eigenvalue weighted by Gasteiger charge is -2.37. The smallest absolute Gasteiger partial charge is 0.307 e. The minimum absolute atomic E-state index is 0.0375. The monoisotopic (exact) mass is 434 g/mol. The van der Waals surface area contributed by atoms with Gasteiger partial charge in [-0.25, -0.2) is 4.39 Å². The van der Waals surface area contributed by atoms with Crippen molar-refractivity contribution in [1.29, 1.82) is 0 Å². The number of nitrogens with one attached hydrogen (secondary N) is 1. The van der Waals surface area contributed by atoms with Gasteiger partial charge in [-0.15, -0.1) is 0 Å². The fraction of sp³-hybridized carbons (Fsp3) is 0.545. The second-order valence-electron chi connectivity index (χ2n) is 7.82. The Morgan fingerprint density at radius 2 is 1.93 bits per heavy atom. The molecule has 2 aromatic rings. The molecule has 8 heteroatoms. The van der Waals surface area contributed by atoms with Gasteiger partial charge in [0.25, 0.3) is 0 Å². The summed E-state index contributed by atoms with van der Waals surface area (Å²) in [4.78, 5) is 30.2. The van der Waals surface area contributed by atoms with Gasteiger partial charge in [-0.1, -0.05) is 18.3 Å². The molecule has 1 atom stereocenters. The molecule has 6 nitrogen and oxygen atoms in total. The Labute approximate surface area is 181 Å². The SMILES string of the molecule is CCN1CCN(c2ccc(F)cc2C(C)NC(=O)CCn2c(C)c(C)sc2=O)CC1. The number of aryl methyl sites for hydroxylation is 1. The summed E-state index contributed by atoms with van der Waals surface area (Å²) in [5.41, 5.74) is 2.66. The number of thiazole rings is 1. The van der Waals surface area contributed by atoms with Crippen LogP contribution in [0.25, 0.3) is 0 Å². The molecule has 1 aliphatic rings. The first kappa shape index (κ1) is 22.5. The van der Waals surface area contributed by atoms with Crippen molar-refractivity contribution >= 4 is 22.9 Å². The van der Waals surface area contributed by atoms with Crippen LogP contribution in [-0.2, 0) is 11.3 Å². The van der Waals surface area contributed by atoms with Gasteiger partial charge in [-0.2, -0.15) is 0 Å². The quantitative estimate of drug-likeness (QED) is 0.728. The van der Waals surface area contributed by atoms with Gasteiger partial charge in [0.1, 0.15) is 5.82 Å². The zero-order valence-corrected chi connectivity index (χ0v) is 19.0. The lowest BCUT2D eigenvalue weighted by molar-refractivity contribution is -0.121. The Morgan fingerprint density at radius 1 is 1.23 bits per heavy atom. The maximum absolute atomic E-state index is 14.0. The van der Waals surface area contributed by atoms with Crippen molar-refractivity contribution in [3.8, 4) is 0 Å². The van der Waals surface area contributed by atoms with Crippen molar-refractivity contribution in [2.45, 2.75) is 46.7 Å². The van der Waals surface area contributed by atoms with Gasteiger partial charge in [0.15, 0.2) is 0 Å². The Bertz CT molecular complexity index is 947. The van der Waals surface area contributed by atoms with Gasteiger partial charge >= 0.3 is 4.87 Å². The first-order chi connectivity index (χ1) is 14.3. The average Bonchev–Trinajstić information content (AvgIpc) is 2.97. The molecule has 1 N–H and O–H groups in total. The normalized spacial score (nSPS) is 16.0. The van der Waals surface area contributed by atoms with E-state index in [1.54, 1.807) is 4.57 Å². The van der Waals surface area contributed by atoms with E-state index in [-0.39, 0.29) is 29.1 Å². The Kier molecular flexibility index (Phi) is 7.31. The van der Waals surface area contributed by atoms with E-state index in [0.29, 0.717) is 6.54 Å². The molecule has 1 saturated heterocycles. The maximum atomic E-state index is 14.0. The number of hydrogen-bond acceptors (Lipinski definition) is 5. The number of likely N-dealkylation sites (N-methyl/N-ethyl adjacent to an activating group) is 1. The standard InChI is InChI=1S/C22H31FN4O2S/c1-5-25-10-12-26(13-11-25)20-7-6-18(23)14-19(20)15(2)24-21(28)8-9-27-16(3)17(4)30-22(27)29/h6-7,14-15H,5,8-13H2,1-4H3,(H,24,28). The molecule has 0 radical (unpaired) electrons. The minimum atomic E-state index is -0.325. The molecule has 164 valence electrons. The molecule has 1 aliphatic heterocycles. The summed E-state index contributed by atoms with van der Waals surface area (Å²) in [6.45, 7) is 12.9. The van der Waals surface area contributed by atoms with Gasteiger partial charge in [0.2, 0.25) is 5.91 Å². The van der Waals surface area contributed by atoms with Crippen LogP contribution in [-0.4, -0.2) is 48.1 Å². The zero-order chi connectivity index (χ0) is 21.8. The van der Waals surface area contributed by atoms with Gasteiger partial charge < -0.3 is 19.7 Å². The lowest BCUT2D eigenvalue weighted by atomic mass is 10.0. The number of anilines is 1. The predicted octanol–water partition coefficient (Wildman–Crippen LogP) is 3.08. The van der Waals surface area contributed by atoms with E-state index >= 15 is 0 Å². The van der Waals surface area contributed by atoms with Crippen molar-refractivity contribution in [2.75, 3.05) is 37.6 Å². The molecule has 0 aliphatic carbocycles. The number of hydrogen-bond donors (Lipinski definition) is 1. The summed E-state index contributed by atoms with van der Waals surface area (Å²) in [6, 6.07) is 4.48. The van der Waals surface area contributed by atoms with Crippen molar-refractivity contribution in [2.24, 2.45) is 0 Å². The van der Waals surface area contributed by atoms with Gasteiger partial charge in [0.05, 0.1) is 6.04 Å². The third-order valence-corrected chi connectivity index (χ3v) is 6.93. The van der Waals surface area contributed by atoms with E-state index in [1.165, 1.54) is 23.5 Å². The zero-order valence-electron chi connectivity index (χ0n) is 18.2. The number of carbonyl (C=O) groups is 1. The number of piperazine rings is 1. The summed E-state index contributed by atoms with van der Waals surface area (Å²) in [5, 5.41) is 2.98. The first-order valence-electron chi connectivity index (χ1n) is 10.5. The van der Waals surface area contributed by atoms with E-state index in [2.05, 4.69) is 22.0 Å². The van der Waals surface area contributed by atoms with Crippen LogP contribution in [0.5, 0.6) is 0 Å². The van der Waals surface area contributed by atoms with Crippen molar-refractivity contribution < 1.29 is 9.18 Å². The Balaban J connectivity index is 1.67. The van der Waals surface area contributed by atoms with Crippen LogP contribution in [0, 0.1) is 19.7 Å². The molecule has 0 bridgehead atoms. The van der Waals surface area contributed by atoms with E-state index in [4.69, 9.17) is 0 Å². The molecule has 1 amide bonds. The number of amides is 1. The molecule has 0 spiro atoms. The lowest BCUT2D eigenvalue weighted by Crippen LogP contribution is -2.46. The van der Waals surface area contributed by atoms with E-state index in [1.807, 2.05) is 26.8 Å². The van der Waals surface area contributed by atoms with Crippen LogP contribution in [0.15, 0.2) is 23.0 Å². The summed E-state index contributed by atoms with van der Waals surface area (Å²) >= 11 is 1.20. The van der Waals surface area contributed by atoms with Crippen molar-refractivity contribution in [3.63, 3.8) is 0 Å². The number of nitrogens with zero attached hydrogens (tertiary/aromatic N) is 3. The van der Waals surface area contributed by atoms with Crippen LogP contribution in [0.4, 0.5) is 10.1 Å². The van der Waals surface area contributed by atoms with Crippen molar-refractivity contribution in [3.05, 3.63) is 49.8 Å². The van der Waals surface area contributed by atoms with Gasteiger partial charge in [-0.3, -0.25) is 9.59 Å². The predicted molar refractivity (Wildman–Crippen MR) is 120 cm³/mol. The van der Waals surface area contributed by atoms with Crippen LogP contribution in [0.2, 0.25) is 0 Å². The van der Waals surface area contributed by atoms with E-state index in [0.717, 1.165) is 54.5 Å². The number of rotatable bonds is 7. The summed E-state index contributed by atoms with van der Waals surface area (Å²) in [5.74, 6) is -0.457. The maximum Gasteiger partial charge on any atom is 0.307 e. The number of benzene rings is 1. The molecule has 1 fully saturated rings. The summed E-state index contributed by atoms with van der Waals surface area (Å²) in [7, 11) is 0. The molecule has 1 aromatic heterocycles. The highest BCUT2D eigenvalue weighted by Gasteiger charge is 2.22. The third kappa shape index (κ3) is 5.10. The molecular formula is C22H31FN4O2S. The first-order valence-corrected chi connectivity index (χ1v) is 11.3. The Hall–Kier alpha value is -2.19. The van der Waals surface area contributed by atoms with Crippen LogP contribution >= 0.6 is 11.3 Å². The summed E-state index contributed by atoms with van der Waals surface area (Å²) in [6.07, 6.45) is 0.209. The van der Waals surface area contributed by atoms with Gasteiger partial charge in [0, 0.05) is 61.0 Å². The molecular weight excluding hydrogens is 403 g/mol.